The number of thiophene rings is 1. The number of nitrogens with one attached hydrogen (secondary N) is 3. The number of hydrogen-bond acceptors (Lipinski definition) is 4. The monoisotopic (exact) mass is 332 g/mol. The molecule has 3 N–H and O–H groups in total. The fraction of sp³-hybridized carbons (Fsp3) is 0.133. The number of hydrogen-bond donors (Lipinski definition) is 3. The second-order valence-electron chi connectivity index (χ2n) is 4.89. The summed E-state index contributed by atoms with van der Waals surface area (Å²) < 4.78 is 13.0. The van der Waals surface area contributed by atoms with E-state index in [-0.39, 0.29) is 18.3 Å². The number of H-pyrrole nitrogens is 2. The number of aryl methyl sites for hydroxylation is 1. The van der Waals surface area contributed by atoms with Gasteiger partial charge in [0, 0.05) is 4.88 Å². The molecule has 23 heavy (non-hydrogen) atoms. The van der Waals surface area contributed by atoms with Gasteiger partial charge in [-0.3, -0.25) is 9.78 Å². The highest BCUT2D eigenvalue weighted by molar-refractivity contribution is 7.14. The molecule has 0 spiro atoms. The van der Waals surface area contributed by atoms with Crippen LogP contribution < -0.4 is 11.0 Å². The minimum absolute atomic E-state index is 0.125. The third-order valence-electron chi connectivity index (χ3n) is 3.26. The first kappa shape index (κ1) is 15.2. The summed E-state index contributed by atoms with van der Waals surface area (Å²) in [6.07, 6.45) is 0. The van der Waals surface area contributed by atoms with E-state index in [1.807, 2.05) is 6.92 Å². The van der Waals surface area contributed by atoms with Crippen molar-refractivity contribution in [2.45, 2.75) is 13.5 Å². The van der Waals surface area contributed by atoms with Gasteiger partial charge in [0.1, 0.15) is 11.6 Å². The van der Waals surface area contributed by atoms with Gasteiger partial charge in [0.2, 0.25) is 0 Å². The molecule has 0 aliphatic heterocycles. The van der Waals surface area contributed by atoms with E-state index >= 15 is 0 Å². The van der Waals surface area contributed by atoms with Crippen molar-refractivity contribution < 1.29 is 9.18 Å². The molecule has 118 valence electrons. The molecule has 6 nitrogen and oxygen atoms in total. The molecule has 0 bridgehead atoms. The summed E-state index contributed by atoms with van der Waals surface area (Å²) in [6, 6.07) is 7.91. The standard InChI is InChI=1S/C15H13FN4O2S/c1-8-11(9-2-4-10(16)5-3-9)6-12(23-8)14(21)17-7-13-18-15(22)20-19-13/h2-6H,7H2,1H3,(H,17,21)(H2,18,19,20,22). The zero-order chi connectivity index (χ0) is 16.4. The molecule has 0 atom stereocenters. The molecule has 1 aromatic carbocycles. The van der Waals surface area contributed by atoms with E-state index in [0.29, 0.717) is 10.7 Å². The minimum Gasteiger partial charge on any atom is -0.344 e. The quantitative estimate of drug-likeness (QED) is 0.684. The van der Waals surface area contributed by atoms with Crippen molar-refractivity contribution in [3.05, 3.63) is 62.2 Å². The van der Waals surface area contributed by atoms with Crippen molar-refractivity contribution in [3.8, 4) is 11.1 Å². The van der Waals surface area contributed by atoms with Gasteiger partial charge in [0.25, 0.3) is 5.91 Å². The number of carbonyl (C=O) groups is 1. The number of carbonyl (C=O) groups excluding carboxylic acids is 1. The zero-order valence-electron chi connectivity index (χ0n) is 12.1. The second-order valence-corrected chi connectivity index (χ2v) is 6.15. The molecule has 1 amide bonds. The summed E-state index contributed by atoms with van der Waals surface area (Å²) in [5.74, 6) is -0.196. The van der Waals surface area contributed by atoms with Crippen LogP contribution >= 0.6 is 11.3 Å². The summed E-state index contributed by atoms with van der Waals surface area (Å²) >= 11 is 1.36. The maximum Gasteiger partial charge on any atom is 0.340 e. The average molecular weight is 332 g/mol. The maximum atomic E-state index is 13.0. The molecule has 0 unspecified atom stereocenters. The minimum atomic E-state index is -0.417. The smallest absolute Gasteiger partial charge is 0.340 e. The van der Waals surface area contributed by atoms with Crippen molar-refractivity contribution in [1.82, 2.24) is 20.5 Å². The predicted octanol–water partition coefficient (Wildman–Crippen LogP) is 2.20. The molecule has 0 radical (unpaired) electrons. The Labute approximate surface area is 134 Å². The summed E-state index contributed by atoms with van der Waals surface area (Å²) in [6.45, 7) is 2.03. The van der Waals surface area contributed by atoms with Gasteiger partial charge in [-0.15, -0.1) is 11.3 Å². The van der Waals surface area contributed by atoms with E-state index in [2.05, 4.69) is 20.5 Å². The maximum absolute atomic E-state index is 13.0. The van der Waals surface area contributed by atoms with Crippen LogP contribution in [0.2, 0.25) is 0 Å². The first-order valence-corrected chi connectivity index (χ1v) is 7.63. The lowest BCUT2D eigenvalue weighted by atomic mass is 10.1. The lowest BCUT2D eigenvalue weighted by Gasteiger charge is -2.00. The normalized spacial score (nSPS) is 10.7. The Kier molecular flexibility index (Phi) is 4.07. The van der Waals surface area contributed by atoms with Gasteiger partial charge in [-0.05, 0) is 36.2 Å². The van der Waals surface area contributed by atoms with E-state index in [1.54, 1.807) is 18.2 Å². The van der Waals surface area contributed by atoms with Crippen LogP contribution in [0.4, 0.5) is 4.39 Å². The number of halogens is 1. The van der Waals surface area contributed by atoms with Crippen LogP contribution in [0.15, 0.2) is 35.1 Å². The van der Waals surface area contributed by atoms with Gasteiger partial charge in [-0.25, -0.2) is 14.3 Å². The van der Waals surface area contributed by atoms with E-state index < -0.39 is 5.69 Å². The van der Waals surface area contributed by atoms with Crippen molar-refractivity contribution in [1.29, 1.82) is 0 Å². The molecule has 2 heterocycles. The summed E-state index contributed by atoms with van der Waals surface area (Å²) in [5, 5.41) is 8.64. The molecule has 0 fully saturated rings. The van der Waals surface area contributed by atoms with Crippen LogP contribution in [-0.4, -0.2) is 21.1 Å². The molecule has 3 rings (SSSR count). The van der Waals surface area contributed by atoms with E-state index in [1.165, 1.54) is 23.5 Å². The van der Waals surface area contributed by atoms with Crippen LogP contribution in [0, 0.1) is 12.7 Å². The molecule has 0 aliphatic carbocycles. The Balaban J connectivity index is 1.75. The largest absolute Gasteiger partial charge is 0.344 e. The molecule has 8 heteroatoms. The summed E-state index contributed by atoms with van der Waals surface area (Å²) in [5.41, 5.74) is 1.34. The SMILES string of the molecule is Cc1sc(C(=O)NCc2n[nH]c(=O)[nH]2)cc1-c1ccc(F)cc1. The highest BCUT2D eigenvalue weighted by Crippen LogP contribution is 2.31. The Bertz CT molecular complexity index is 895. The Hall–Kier alpha value is -2.74. The fourth-order valence-electron chi connectivity index (χ4n) is 2.15. The van der Waals surface area contributed by atoms with Crippen LogP contribution in [-0.2, 0) is 6.54 Å². The highest BCUT2D eigenvalue weighted by Gasteiger charge is 2.14. The van der Waals surface area contributed by atoms with Gasteiger partial charge in [0.15, 0.2) is 0 Å². The van der Waals surface area contributed by atoms with Crippen molar-refractivity contribution in [3.63, 3.8) is 0 Å². The van der Waals surface area contributed by atoms with Gasteiger partial charge in [-0.1, -0.05) is 12.1 Å². The number of nitrogens with zero attached hydrogens (tertiary/aromatic N) is 1. The fourth-order valence-corrected chi connectivity index (χ4v) is 3.11. The molecule has 3 aromatic rings. The van der Waals surface area contributed by atoms with Gasteiger partial charge < -0.3 is 5.32 Å². The predicted molar refractivity (Wildman–Crippen MR) is 84.8 cm³/mol. The topological polar surface area (TPSA) is 90.6 Å². The molecular weight excluding hydrogens is 319 g/mol. The number of aromatic nitrogens is 3. The number of aromatic amines is 2. The first-order chi connectivity index (χ1) is 11.0. The number of amides is 1. The second kappa shape index (κ2) is 6.17. The van der Waals surface area contributed by atoms with Crippen LogP contribution in [0.1, 0.15) is 20.4 Å². The Morgan fingerprint density at radius 1 is 1.35 bits per heavy atom. The van der Waals surface area contributed by atoms with Crippen LogP contribution in [0.5, 0.6) is 0 Å². The van der Waals surface area contributed by atoms with Crippen molar-refractivity contribution in [2.75, 3.05) is 0 Å². The average Bonchev–Trinajstić information content (AvgIpc) is 3.12. The Morgan fingerprint density at radius 3 is 2.74 bits per heavy atom. The molecular formula is C15H13FN4O2S. The lowest BCUT2D eigenvalue weighted by Crippen LogP contribution is -2.22. The lowest BCUT2D eigenvalue weighted by molar-refractivity contribution is 0.0954. The van der Waals surface area contributed by atoms with E-state index in [4.69, 9.17) is 0 Å². The van der Waals surface area contributed by atoms with Crippen molar-refractivity contribution >= 4 is 17.2 Å². The summed E-state index contributed by atoms with van der Waals surface area (Å²) in [7, 11) is 0. The number of rotatable bonds is 4. The van der Waals surface area contributed by atoms with Crippen LogP contribution in [0.3, 0.4) is 0 Å². The van der Waals surface area contributed by atoms with Crippen LogP contribution in [0.25, 0.3) is 11.1 Å². The molecule has 0 saturated heterocycles. The third kappa shape index (κ3) is 3.37. The van der Waals surface area contributed by atoms with E-state index in [0.717, 1.165) is 16.0 Å². The zero-order valence-corrected chi connectivity index (χ0v) is 13.0. The van der Waals surface area contributed by atoms with Gasteiger partial charge in [-0.2, -0.15) is 5.10 Å². The third-order valence-corrected chi connectivity index (χ3v) is 4.31. The first-order valence-electron chi connectivity index (χ1n) is 6.81. The Morgan fingerprint density at radius 2 is 2.09 bits per heavy atom. The van der Waals surface area contributed by atoms with Gasteiger partial charge >= 0.3 is 5.69 Å². The van der Waals surface area contributed by atoms with Gasteiger partial charge in [0.05, 0.1) is 11.4 Å². The molecule has 2 aromatic heterocycles. The molecule has 0 saturated carbocycles. The summed E-state index contributed by atoms with van der Waals surface area (Å²) in [4.78, 5) is 27.1. The number of benzene rings is 1. The van der Waals surface area contributed by atoms with Crippen molar-refractivity contribution in [2.24, 2.45) is 0 Å². The highest BCUT2D eigenvalue weighted by atomic mass is 32.1. The molecule has 0 aliphatic rings. The van der Waals surface area contributed by atoms with E-state index in [9.17, 15) is 14.0 Å².